The summed E-state index contributed by atoms with van der Waals surface area (Å²) in [4.78, 5) is 11.2. The van der Waals surface area contributed by atoms with Gasteiger partial charge in [-0.1, -0.05) is 20.3 Å². The van der Waals surface area contributed by atoms with Crippen LogP contribution in [0, 0.1) is 12.7 Å². The van der Waals surface area contributed by atoms with E-state index in [4.69, 9.17) is 4.74 Å². The number of ether oxygens (including phenoxy) is 1. The first-order valence-electron chi connectivity index (χ1n) is 12.7. The first-order valence-corrected chi connectivity index (χ1v) is 12.7. The Labute approximate surface area is 215 Å². The molecule has 5 heterocycles. The zero-order valence-electron chi connectivity index (χ0n) is 22.0. The molecule has 2 unspecified atom stereocenters. The second-order valence-electron chi connectivity index (χ2n) is 9.23. The Hall–Kier alpha value is -3.25. The number of piperidine rings is 1. The molecule has 0 saturated carbocycles. The van der Waals surface area contributed by atoms with Crippen molar-refractivity contribution in [1.29, 1.82) is 0 Å². The molecule has 2 aliphatic heterocycles. The Kier molecular flexibility index (Phi) is 8.59. The SMILES string of the molecule is CCC.CN=Nc1ccc(-c2c(F)cn3nc(NC4CCN(C5COC5)CC4F)nc(NC)c23)nc1C. The largest absolute Gasteiger partial charge is 0.378 e. The van der Waals surface area contributed by atoms with E-state index >= 15 is 4.39 Å². The summed E-state index contributed by atoms with van der Waals surface area (Å²) in [6.45, 7) is 8.48. The van der Waals surface area contributed by atoms with Crippen LogP contribution >= 0.6 is 0 Å². The number of nitrogens with zero attached hydrogens (tertiary/aromatic N) is 7. The van der Waals surface area contributed by atoms with Gasteiger partial charge in [-0.3, -0.25) is 9.88 Å². The number of fused-ring (bicyclic) bond motifs is 1. The number of hydrogen-bond acceptors (Lipinski definition) is 9. The standard InChI is InChI=1S/C22H27F2N9O.C3H8/c1-12-16(30-26-3)4-5-18(27-12)19-15(24)9-33-20(19)21(25-2)29-22(31-33)28-17-6-7-32(8-14(17)23)13-10-34-11-13;1-3-2/h4-5,9,13-14,17H,6-8,10-11H2,1-3H3,(H2,25,28,29,31);3H2,1-2H3. The van der Waals surface area contributed by atoms with Crippen molar-refractivity contribution >= 4 is 23.0 Å². The van der Waals surface area contributed by atoms with E-state index in [9.17, 15) is 4.39 Å². The van der Waals surface area contributed by atoms with E-state index in [1.807, 2.05) is 0 Å². The molecule has 2 N–H and O–H groups in total. The highest BCUT2D eigenvalue weighted by Gasteiger charge is 2.35. The third-order valence-electron chi connectivity index (χ3n) is 6.37. The molecule has 0 radical (unpaired) electrons. The van der Waals surface area contributed by atoms with Crippen molar-refractivity contribution in [1.82, 2.24) is 24.5 Å². The minimum Gasteiger partial charge on any atom is -0.378 e. The number of anilines is 2. The van der Waals surface area contributed by atoms with Crippen molar-refractivity contribution in [2.45, 2.75) is 51.9 Å². The molecule has 3 aromatic rings. The fourth-order valence-electron chi connectivity index (χ4n) is 4.46. The van der Waals surface area contributed by atoms with Gasteiger partial charge < -0.3 is 15.4 Å². The van der Waals surface area contributed by atoms with Crippen LogP contribution in [0.4, 0.5) is 26.2 Å². The summed E-state index contributed by atoms with van der Waals surface area (Å²) in [5.74, 6) is 0.154. The Bertz CT molecular complexity index is 1240. The van der Waals surface area contributed by atoms with Crippen LogP contribution in [-0.2, 0) is 4.74 Å². The molecule has 3 aromatic heterocycles. The Morgan fingerprint density at radius 1 is 1.22 bits per heavy atom. The lowest BCUT2D eigenvalue weighted by Gasteiger charge is -2.42. The summed E-state index contributed by atoms with van der Waals surface area (Å²) in [5, 5.41) is 18.3. The molecule has 200 valence electrons. The smallest absolute Gasteiger partial charge is 0.243 e. The summed E-state index contributed by atoms with van der Waals surface area (Å²) in [7, 11) is 3.27. The van der Waals surface area contributed by atoms with E-state index in [0.29, 0.717) is 60.6 Å². The minimum atomic E-state index is -1.07. The molecule has 0 bridgehead atoms. The van der Waals surface area contributed by atoms with Gasteiger partial charge in [0.05, 0.1) is 48.4 Å². The first kappa shape index (κ1) is 26.8. The topological polar surface area (TPSA) is 104 Å². The monoisotopic (exact) mass is 515 g/mol. The third-order valence-corrected chi connectivity index (χ3v) is 6.37. The van der Waals surface area contributed by atoms with E-state index in [1.165, 1.54) is 17.1 Å². The second-order valence-corrected chi connectivity index (χ2v) is 9.23. The predicted molar refractivity (Wildman–Crippen MR) is 140 cm³/mol. The summed E-state index contributed by atoms with van der Waals surface area (Å²) in [5.41, 5.74) is 2.39. The molecule has 0 aliphatic carbocycles. The van der Waals surface area contributed by atoms with Gasteiger partial charge in [-0.25, -0.2) is 13.3 Å². The Morgan fingerprint density at radius 3 is 2.57 bits per heavy atom. The molecular formula is C25H35F2N9O. The number of rotatable bonds is 6. The van der Waals surface area contributed by atoms with Gasteiger partial charge >= 0.3 is 0 Å². The normalized spacial score (nSPS) is 20.5. The summed E-state index contributed by atoms with van der Waals surface area (Å²) >= 11 is 0. The van der Waals surface area contributed by atoms with Crippen molar-refractivity contribution < 1.29 is 13.5 Å². The Morgan fingerprint density at radius 2 is 1.97 bits per heavy atom. The van der Waals surface area contributed by atoms with Crippen molar-refractivity contribution in [2.24, 2.45) is 10.2 Å². The number of azo groups is 1. The maximum Gasteiger partial charge on any atom is 0.243 e. The van der Waals surface area contributed by atoms with Gasteiger partial charge in [-0.15, -0.1) is 5.10 Å². The molecule has 10 nitrogen and oxygen atoms in total. The lowest BCUT2D eigenvalue weighted by atomic mass is 10.0. The number of aryl methyl sites for hydroxylation is 1. The van der Waals surface area contributed by atoms with Crippen molar-refractivity contribution in [3.8, 4) is 11.3 Å². The quantitative estimate of drug-likeness (QED) is 0.461. The second kappa shape index (κ2) is 11.9. The average molecular weight is 516 g/mol. The molecular weight excluding hydrogens is 480 g/mol. The number of hydrogen-bond donors (Lipinski definition) is 2. The van der Waals surface area contributed by atoms with Crippen molar-refractivity contribution in [3.05, 3.63) is 29.8 Å². The molecule has 2 aliphatic rings. The van der Waals surface area contributed by atoms with Crippen LogP contribution in [-0.4, -0.2) is 83.1 Å². The number of pyridine rings is 1. The molecule has 2 atom stereocenters. The van der Waals surface area contributed by atoms with E-state index in [0.717, 1.165) is 6.54 Å². The summed E-state index contributed by atoms with van der Waals surface area (Å²) in [6.07, 6.45) is 2.07. The maximum atomic E-state index is 15.1. The molecule has 0 spiro atoms. The first-order chi connectivity index (χ1) is 17.9. The number of nitrogens with one attached hydrogen (secondary N) is 2. The van der Waals surface area contributed by atoms with Crippen LogP contribution in [0.15, 0.2) is 28.6 Å². The van der Waals surface area contributed by atoms with Crippen LogP contribution in [0.3, 0.4) is 0 Å². The van der Waals surface area contributed by atoms with Gasteiger partial charge in [-0.2, -0.15) is 15.2 Å². The van der Waals surface area contributed by atoms with Crippen LogP contribution in [0.1, 0.15) is 32.4 Å². The van der Waals surface area contributed by atoms with Crippen molar-refractivity contribution in [3.63, 3.8) is 0 Å². The minimum absolute atomic E-state index is 0.231. The maximum absolute atomic E-state index is 15.1. The van der Waals surface area contributed by atoms with Gasteiger partial charge in [-0.05, 0) is 25.5 Å². The molecule has 37 heavy (non-hydrogen) atoms. The van der Waals surface area contributed by atoms with Gasteiger partial charge in [0.2, 0.25) is 5.95 Å². The molecule has 0 amide bonds. The average Bonchev–Trinajstić information content (AvgIpc) is 3.17. The number of alkyl halides is 1. The van der Waals surface area contributed by atoms with E-state index in [1.54, 1.807) is 33.2 Å². The summed E-state index contributed by atoms with van der Waals surface area (Å²) < 4.78 is 36.7. The van der Waals surface area contributed by atoms with Gasteiger partial charge in [0.25, 0.3) is 0 Å². The molecule has 2 fully saturated rings. The predicted octanol–water partition coefficient (Wildman–Crippen LogP) is 4.63. The highest BCUT2D eigenvalue weighted by atomic mass is 19.1. The van der Waals surface area contributed by atoms with Gasteiger partial charge in [0, 0.05) is 27.2 Å². The van der Waals surface area contributed by atoms with E-state index < -0.39 is 18.0 Å². The number of aromatic nitrogens is 4. The highest BCUT2D eigenvalue weighted by molar-refractivity contribution is 5.88. The van der Waals surface area contributed by atoms with Gasteiger partial charge in [0.15, 0.2) is 11.6 Å². The zero-order chi connectivity index (χ0) is 26.5. The van der Waals surface area contributed by atoms with Crippen LogP contribution in [0.25, 0.3) is 16.8 Å². The zero-order valence-corrected chi connectivity index (χ0v) is 22.0. The summed E-state index contributed by atoms with van der Waals surface area (Å²) in [6, 6.07) is 3.31. The molecule has 5 rings (SSSR count). The van der Waals surface area contributed by atoms with E-state index in [-0.39, 0.29) is 11.5 Å². The van der Waals surface area contributed by atoms with Crippen molar-refractivity contribution in [2.75, 3.05) is 51.0 Å². The number of halogens is 2. The fourth-order valence-corrected chi connectivity index (χ4v) is 4.46. The third kappa shape index (κ3) is 5.69. The number of likely N-dealkylation sites (tertiary alicyclic amines) is 1. The highest BCUT2D eigenvalue weighted by Crippen LogP contribution is 2.34. The Balaban J connectivity index is 0.00000102. The fraction of sp³-hybridized carbons (Fsp3) is 0.560. The lowest BCUT2D eigenvalue weighted by molar-refractivity contribution is -0.0794. The van der Waals surface area contributed by atoms with Crippen LogP contribution in [0.5, 0.6) is 0 Å². The van der Waals surface area contributed by atoms with Crippen LogP contribution < -0.4 is 10.6 Å². The molecule has 12 heteroatoms. The van der Waals surface area contributed by atoms with Crippen LogP contribution in [0.2, 0.25) is 0 Å². The van der Waals surface area contributed by atoms with Gasteiger partial charge in [0.1, 0.15) is 17.4 Å². The van der Waals surface area contributed by atoms with E-state index in [2.05, 4.69) is 54.7 Å². The molecule has 0 aromatic carbocycles. The lowest BCUT2D eigenvalue weighted by Crippen LogP contribution is -2.57. The molecule has 2 saturated heterocycles.